The van der Waals surface area contributed by atoms with Crippen LogP contribution >= 0.6 is 15.9 Å². The zero-order valence-electron chi connectivity index (χ0n) is 7.29. The van der Waals surface area contributed by atoms with E-state index in [1.165, 1.54) is 0 Å². The molecule has 3 amide bonds. The molecule has 0 aromatic heterocycles. The van der Waals surface area contributed by atoms with Crippen LogP contribution in [-0.2, 0) is 11.3 Å². The van der Waals surface area contributed by atoms with Crippen molar-refractivity contribution in [3.8, 4) is 0 Å². The van der Waals surface area contributed by atoms with E-state index in [1.807, 2.05) is 29.6 Å². The van der Waals surface area contributed by atoms with E-state index in [1.54, 1.807) is 0 Å². The van der Waals surface area contributed by atoms with Crippen molar-refractivity contribution >= 4 is 28.4 Å². The zero-order chi connectivity index (χ0) is 10.4. The molecular weight excluding hydrogens is 248 g/mol. The minimum Gasteiger partial charge on any atom is -0.334 e. The first-order valence-electron chi connectivity index (χ1n) is 3.95. The summed E-state index contributed by atoms with van der Waals surface area (Å²) in [5.74, 6) is 0. The van der Waals surface area contributed by atoms with Gasteiger partial charge in [-0.25, -0.2) is 4.79 Å². The van der Waals surface area contributed by atoms with E-state index in [4.69, 9.17) is 0 Å². The van der Waals surface area contributed by atoms with Crippen molar-refractivity contribution in [2.75, 3.05) is 0 Å². The van der Waals surface area contributed by atoms with Gasteiger partial charge >= 0.3 is 6.03 Å². The number of hydrogen-bond donors (Lipinski definition) is 2. The monoisotopic (exact) mass is 256 g/mol. The lowest BCUT2D eigenvalue weighted by atomic mass is 10.2. The van der Waals surface area contributed by atoms with Crippen molar-refractivity contribution in [1.82, 2.24) is 10.6 Å². The summed E-state index contributed by atoms with van der Waals surface area (Å²) < 4.78 is 0.985. The average Bonchev–Trinajstić information content (AvgIpc) is 2.17. The van der Waals surface area contributed by atoms with Gasteiger partial charge in [-0.15, -0.1) is 0 Å². The lowest BCUT2D eigenvalue weighted by molar-refractivity contribution is -0.108. The van der Waals surface area contributed by atoms with Gasteiger partial charge in [0.15, 0.2) is 0 Å². The third kappa shape index (κ3) is 3.57. The molecule has 0 atom stereocenters. The smallest absolute Gasteiger partial charge is 0.321 e. The molecule has 4 nitrogen and oxygen atoms in total. The first kappa shape index (κ1) is 10.7. The SMILES string of the molecule is O=CNC(=O)NCc1ccc(Br)cc1. The van der Waals surface area contributed by atoms with Gasteiger partial charge in [0.05, 0.1) is 0 Å². The summed E-state index contributed by atoms with van der Waals surface area (Å²) in [6.45, 7) is 0.396. The number of amides is 3. The summed E-state index contributed by atoms with van der Waals surface area (Å²) >= 11 is 3.30. The minimum absolute atomic E-state index is 0.344. The second kappa shape index (κ2) is 5.39. The maximum Gasteiger partial charge on any atom is 0.321 e. The highest BCUT2D eigenvalue weighted by atomic mass is 79.9. The highest BCUT2D eigenvalue weighted by Crippen LogP contribution is 2.09. The fraction of sp³-hybridized carbons (Fsp3) is 0.111. The lowest BCUT2D eigenvalue weighted by Gasteiger charge is -2.03. The van der Waals surface area contributed by atoms with Gasteiger partial charge in [0, 0.05) is 11.0 Å². The number of rotatable bonds is 3. The number of carbonyl (C=O) groups excluding carboxylic acids is 2. The standard InChI is InChI=1S/C9H9BrN2O2/c10-8-3-1-7(2-4-8)5-11-9(14)12-6-13/h1-4,6H,5H2,(H2,11,12,13,14). The topological polar surface area (TPSA) is 58.2 Å². The molecule has 0 bridgehead atoms. The fourth-order valence-electron chi connectivity index (χ4n) is 0.889. The zero-order valence-corrected chi connectivity index (χ0v) is 8.87. The molecular formula is C9H9BrN2O2. The lowest BCUT2D eigenvalue weighted by Crippen LogP contribution is -2.33. The minimum atomic E-state index is -0.497. The number of halogens is 1. The maximum absolute atomic E-state index is 10.8. The third-order valence-electron chi connectivity index (χ3n) is 1.56. The van der Waals surface area contributed by atoms with Crippen LogP contribution < -0.4 is 10.6 Å². The summed E-state index contributed by atoms with van der Waals surface area (Å²) in [6, 6.07) is 7.03. The predicted octanol–water partition coefficient (Wildman–Crippen LogP) is 1.40. The molecule has 0 saturated carbocycles. The van der Waals surface area contributed by atoms with Crippen LogP contribution in [0.2, 0.25) is 0 Å². The number of imide groups is 1. The van der Waals surface area contributed by atoms with E-state index in [2.05, 4.69) is 21.2 Å². The summed E-state index contributed by atoms with van der Waals surface area (Å²) in [5, 5.41) is 4.51. The Hall–Kier alpha value is -1.36. The fourth-order valence-corrected chi connectivity index (χ4v) is 1.15. The third-order valence-corrected chi connectivity index (χ3v) is 2.09. The van der Waals surface area contributed by atoms with E-state index >= 15 is 0 Å². The molecule has 0 aliphatic rings. The Morgan fingerprint density at radius 3 is 2.57 bits per heavy atom. The second-order valence-electron chi connectivity index (χ2n) is 2.57. The van der Waals surface area contributed by atoms with Gasteiger partial charge in [0.25, 0.3) is 0 Å². The van der Waals surface area contributed by atoms with Gasteiger partial charge in [-0.05, 0) is 17.7 Å². The molecule has 14 heavy (non-hydrogen) atoms. The van der Waals surface area contributed by atoms with Crippen molar-refractivity contribution in [3.63, 3.8) is 0 Å². The van der Waals surface area contributed by atoms with Gasteiger partial charge in [-0.3, -0.25) is 10.1 Å². The van der Waals surface area contributed by atoms with Crippen LogP contribution in [0.4, 0.5) is 4.79 Å². The molecule has 0 unspecified atom stereocenters. The Labute approximate surface area is 89.8 Å². The molecule has 74 valence electrons. The highest BCUT2D eigenvalue weighted by Gasteiger charge is 1.97. The van der Waals surface area contributed by atoms with E-state index in [9.17, 15) is 9.59 Å². The Kier molecular flexibility index (Phi) is 4.12. The van der Waals surface area contributed by atoms with Crippen LogP contribution in [0.5, 0.6) is 0 Å². The van der Waals surface area contributed by atoms with Crippen molar-refractivity contribution in [1.29, 1.82) is 0 Å². The van der Waals surface area contributed by atoms with Gasteiger partial charge in [-0.1, -0.05) is 28.1 Å². The molecule has 0 radical (unpaired) electrons. The van der Waals surface area contributed by atoms with Crippen LogP contribution in [0.25, 0.3) is 0 Å². The average molecular weight is 257 g/mol. The van der Waals surface area contributed by atoms with E-state index < -0.39 is 6.03 Å². The van der Waals surface area contributed by atoms with Crippen molar-refractivity contribution in [2.45, 2.75) is 6.54 Å². The van der Waals surface area contributed by atoms with Gasteiger partial charge in [-0.2, -0.15) is 0 Å². The first-order chi connectivity index (χ1) is 6.72. The van der Waals surface area contributed by atoms with Gasteiger partial charge < -0.3 is 5.32 Å². The van der Waals surface area contributed by atoms with E-state index in [0.717, 1.165) is 10.0 Å². The number of nitrogens with one attached hydrogen (secondary N) is 2. The highest BCUT2D eigenvalue weighted by molar-refractivity contribution is 9.10. The molecule has 2 N–H and O–H groups in total. The first-order valence-corrected chi connectivity index (χ1v) is 4.74. The number of urea groups is 1. The van der Waals surface area contributed by atoms with Gasteiger partial charge in [0.1, 0.15) is 0 Å². The van der Waals surface area contributed by atoms with Crippen LogP contribution in [-0.4, -0.2) is 12.4 Å². The van der Waals surface area contributed by atoms with E-state index in [-0.39, 0.29) is 0 Å². The van der Waals surface area contributed by atoms with Crippen LogP contribution in [0, 0.1) is 0 Å². The Balaban J connectivity index is 2.41. The number of hydrogen-bond acceptors (Lipinski definition) is 2. The summed E-state index contributed by atoms with van der Waals surface area (Å²) in [7, 11) is 0. The normalized spacial score (nSPS) is 9.21. The van der Waals surface area contributed by atoms with Crippen LogP contribution in [0.1, 0.15) is 5.56 Å². The van der Waals surface area contributed by atoms with Crippen LogP contribution in [0.15, 0.2) is 28.7 Å². The molecule has 0 spiro atoms. The Bertz CT molecular complexity index is 324. The molecule has 0 heterocycles. The maximum atomic E-state index is 10.8. The Morgan fingerprint density at radius 2 is 2.00 bits per heavy atom. The molecule has 1 aromatic rings. The molecule has 0 saturated heterocycles. The molecule has 0 aliphatic heterocycles. The predicted molar refractivity (Wildman–Crippen MR) is 55.6 cm³/mol. The molecule has 0 fully saturated rings. The quantitative estimate of drug-likeness (QED) is 0.804. The van der Waals surface area contributed by atoms with E-state index in [0.29, 0.717) is 13.0 Å². The van der Waals surface area contributed by atoms with Crippen molar-refractivity contribution in [3.05, 3.63) is 34.3 Å². The largest absolute Gasteiger partial charge is 0.334 e. The molecule has 1 rings (SSSR count). The summed E-state index contributed by atoms with van der Waals surface area (Å²) in [6.07, 6.45) is 0.344. The van der Waals surface area contributed by atoms with Crippen LogP contribution in [0.3, 0.4) is 0 Å². The number of benzene rings is 1. The second-order valence-corrected chi connectivity index (χ2v) is 3.49. The van der Waals surface area contributed by atoms with Crippen molar-refractivity contribution < 1.29 is 9.59 Å². The van der Waals surface area contributed by atoms with Gasteiger partial charge in [0.2, 0.25) is 6.41 Å². The number of carbonyl (C=O) groups is 2. The Morgan fingerprint density at radius 1 is 1.36 bits per heavy atom. The van der Waals surface area contributed by atoms with Crippen molar-refractivity contribution in [2.24, 2.45) is 0 Å². The molecule has 5 heteroatoms. The summed E-state index contributed by atoms with van der Waals surface area (Å²) in [5.41, 5.74) is 0.967. The molecule has 0 aliphatic carbocycles. The molecule has 1 aromatic carbocycles. The summed E-state index contributed by atoms with van der Waals surface area (Å²) in [4.78, 5) is 20.7.